The number of hydrogen-bond donors (Lipinski definition) is 0. The molecular weight excluding hydrogens is 377 g/mol. The highest BCUT2D eigenvalue weighted by Gasteiger charge is 2.30. The SMILES string of the molecule is CN1CCN(S(=O)(=O)c2ccc(Oc3ccc(F)cc3)c([N+](=O)[O-])c2)CC1. The van der Waals surface area contributed by atoms with E-state index in [9.17, 15) is 22.9 Å². The molecule has 0 aromatic heterocycles. The van der Waals surface area contributed by atoms with Gasteiger partial charge in [0.15, 0.2) is 0 Å². The smallest absolute Gasteiger partial charge is 0.312 e. The van der Waals surface area contributed by atoms with Gasteiger partial charge in [-0.1, -0.05) is 0 Å². The van der Waals surface area contributed by atoms with Crippen molar-refractivity contribution in [3.8, 4) is 11.5 Å². The molecule has 8 nitrogen and oxygen atoms in total. The van der Waals surface area contributed by atoms with Crippen LogP contribution in [0.15, 0.2) is 47.4 Å². The van der Waals surface area contributed by atoms with E-state index in [-0.39, 0.29) is 16.4 Å². The fourth-order valence-corrected chi connectivity index (χ4v) is 4.14. The second kappa shape index (κ2) is 7.59. The van der Waals surface area contributed by atoms with Gasteiger partial charge in [0, 0.05) is 32.2 Å². The largest absolute Gasteiger partial charge is 0.450 e. The lowest BCUT2D eigenvalue weighted by molar-refractivity contribution is -0.385. The topological polar surface area (TPSA) is 93.0 Å². The molecule has 1 aliphatic rings. The van der Waals surface area contributed by atoms with E-state index in [1.807, 2.05) is 11.9 Å². The quantitative estimate of drug-likeness (QED) is 0.570. The van der Waals surface area contributed by atoms with Crippen LogP contribution < -0.4 is 4.74 Å². The summed E-state index contributed by atoms with van der Waals surface area (Å²) in [7, 11) is -1.94. The van der Waals surface area contributed by atoms with Crippen molar-refractivity contribution >= 4 is 15.7 Å². The van der Waals surface area contributed by atoms with Crippen LogP contribution in [0.4, 0.5) is 10.1 Å². The minimum absolute atomic E-state index is 0.121. The summed E-state index contributed by atoms with van der Waals surface area (Å²) in [6, 6.07) is 8.49. The third-order valence-electron chi connectivity index (χ3n) is 4.27. The first-order valence-electron chi connectivity index (χ1n) is 8.18. The van der Waals surface area contributed by atoms with Crippen molar-refractivity contribution in [1.29, 1.82) is 0 Å². The highest BCUT2D eigenvalue weighted by molar-refractivity contribution is 7.89. The highest BCUT2D eigenvalue weighted by atomic mass is 32.2. The van der Waals surface area contributed by atoms with E-state index in [4.69, 9.17) is 4.74 Å². The molecule has 0 N–H and O–H groups in total. The van der Waals surface area contributed by atoms with Crippen LogP contribution in [-0.4, -0.2) is 55.8 Å². The molecule has 144 valence electrons. The van der Waals surface area contributed by atoms with Gasteiger partial charge < -0.3 is 9.64 Å². The van der Waals surface area contributed by atoms with E-state index in [1.54, 1.807) is 0 Å². The van der Waals surface area contributed by atoms with Gasteiger partial charge in [-0.05, 0) is 43.4 Å². The van der Waals surface area contributed by atoms with Gasteiger partial charge in [0.1, 0.15) is 11.6 Å². The number of ether oxygens (including phenoxy) is 1. The Morgan fingerprint density at radius 1 is 1.07 bits per heavy atom. The number of piperazine rings is 1. The van der Waals surface area contributed by atoms with Gasteiger partial charge in [0.05, 0.1) is 9.82 Å². The Kier molecular flexibility index (Phi) is 5.40. The Labute approximate surface area is 156 Å². The van der Waals surface area contributed by atoms with E-state index in [2.05, 4.69) is 0 Å². The molecule has 3 rings (SSSR count). The van der Waals surface area contributed by atoms with E-state index >= 15 is 0 Å². The van der Waals surface area contributed by atoms with Gasteiger partial charge in [-0.25, -0.2) is 12.8 Å². The number of nitro groups is 1. The highest BCUT2D eigenvalue weighted by Crippen LogP contribution is 2.34. The summed E-state index contributed by atoms with van der Waals surface area (Å²) in [6.07, 6.45) is 0. The van der Waals surface area contributed by atoms with Crippen LogP contribution in [0.2, 0.25) is 0 Å². The number of sulfonamides is 1. The molecule has 0 spiro atoms. The van der Waals surface area contributed by atoms with E-state index in [0.29, 0.717) is 26.2 Å². The summed E-state index contributed by atoms with van der Waals surface area (Å²) in [5.41, 5.74) is -0.477. The molecule has 1 saturated heterocycles. The van der Waals surface area contributed by atoms with Crippen molar-refractivity contribution in [3.63, 3.8) is 0 Å². The summed E-state index contributed by atoms with van der Waals surface area (Å²) in [6.45, 7) is 1.82. The van der Waals surface area contributed by atoms with Crippen LogP contribution in [-0.2, 0) is 10.0 Å². The average Bonchev–Trinajstić information content (AvgIpc) is 2.64. The standard InChI is InChI=1S/C17H18FN3O5S/c1-19-8-10-20(11-9-19)27(24,25)15-6-7-17(16(12-15)21(22)23)26-14-4-2-13(18)3-5-14/h2-7,12H,8-11H2,1H3. The summed E-state index contributed by atoms with van der Waals surface area (Å²) >= 11 is 0. The molecule has 0 amide bonds. The molecule has 2 aromatic carbocycles. The van der Waals surface area contributed by atoms with Crippen molar-refractivity contribution in [2.45, 2.75) is 4.90 Å². The number of halogens is 1. The van der Waals surface area contributed by atoms with E-state index in [1.165, 1.54) is 28.6 Å². The maximum absolute atomic E-state index is 13.0. The Hall–Kier alpha value is -2.56. The third-order valence-corrected chi connectivity index (χ3v) is 6.16. The van der Waals surface area contributed by atoms with Crippen LogP contribution in [0.1, 0.15) is 0 Å². The van der Waals surface area contributed by atoms with Crippen molar-refractivity contribution < 1.29 is 22.5 Å². The molecular formula is C17H18FN3O5S. The van der Waals surface area contributed by atoms with Crippen LogP contribution in [0.25, 0.3) is 0 Å². The summed E-state index contributed by atoms with van der Waals surface area (Å²) in [4.78, 5) is 12.6. The van der Waals surface area contributed by atoms with Gasteiger partial charge in [0.25, 0.3) is 0 Å². The molecule has 1 aliphatic heterocycles. The second-order valence-electron chi connectivity index (χ2n) is 6.15. The number of likely N-dealkylation sites (N-methyl/N-ethyl adjacent to an activating group) is 1. The summed E-state index contributed by atoms with van der Waals surface area (Å²) < 4.78 is 45.3. The third kappa shape index (κ3) is 4.24. The monoisotopic (exact) mass is 395 g/mol. The zero-order valence-electron chi connectivity index (χ0n) is 14.5. The molecule has 27 heavy (non-hydrogen) atoms. The molecule has 0 aliphatic carbocycles. The van der Waals surface area contributed by atoms with Gasteiger partial charge in [-0.2, -0.15) is 4.31 Å². The van der Waals surface area contributed by atoms with Gasteiger partial charge in [0.2, 0.25) is 15.8 Å². The zero-order valence-corrected chi connectivity index (χ0v) is 15.4. The Morgan fingerprint density at radius 3 is 2.30 bits per heavy atom. The fraction of sp³-hybridized carbons (Fsp3) is 0.294. The molecule has 1 heterocycles. The number of hydrogen-bond acceptors (Lipinski definition) is 6. The number of nitrogens with zero attached hydrogens (tertiary/aromatic N) is 3. The molecule has 0 saturated carbocycles. The van der Waals surface area contributed by atoms with Gasteiger partial charge in [-0.15, -0.1) is 0 Å². The molecule has 0 bridgehead atoms. The lowest BCUT2D eigenvalue weighted by Gasteiger charge is -2.31. The van der Waals surface area contributed by atoms with Crippen LogP contribution >= 0.6 is 0 Å². The van der Waals surface area contributed by atoms with Crippen LogP contribution in [0.5, 0.6) is 11.5 Å². The first kappa shape index (κ1) is 19.2. The molecule has 0 atom stereocenters. The first-order chi connectivity index (χ1) is 12.8. The van der Waals surface area contributed by atoms with Crippen molar-refractivity contribution in [3.05, 3.63) is 58.4 Å². The maximum Gasteiger partial charge on any atom is 0.312 e. The molecule has 1 fully saturated rings. The Balaban J connectivity index is 1.91. The first-order valence-corrected chi connectivity index (χ1v) is 9.62. The Morgan fingerprint density at radius 2 is 1.70 bits per heavy atom. The second-order valence-corrected chi connectivity index (χ2v) is 8.09. The predicted octanol–water partition coefficient (Wildman–Crippen LogP) is 2.46. The molecule has 10 heteroatoms. The minimum atomic E-state index is -3.84. The van der Waals surface area contributed by atoms with Gasteiger partial charge >= 0.3 is 5.69 Å². The lowest BCUT2D eigenvalue weighted by Crippen LogP contribution is -2.47. The number of nitro benzene ring substituents is 1. The van der Waals surface area contributed by atoms with Crippen molar-refractivity contribution in [2.24, 2.45) is 0 Å². The zero-order chi connectivity index (χ0) is 19.6. The van der Waals surface area contributed by atoms with Gasteiger partial charge in [-0.3, -0.25) is 10.1 Å². The number of benzene rings is 2. The Bertz CT molecular complexity index is 942. The lowest BCUT2D eigenvalue weighted by atomic mass is 10.3. The van der Waals surface area contributed by atoms with Crippen LogP contribution in [0.3, 0.4) is 0 Å². The van der Waals surface area contributed by atoms with Crippen molar-refractivity contribution in [1.82, 2.24) is 9.21 Å². The summed E-state index contributed by atoms with van der Waals surface area (Å²) in [5.74, 6) is -0.386. The van der Waals surface area contributed by atoms with Crippen LogP contribution in [0, 0.1) is 15.9 Å². The predicted molar refractivity (Wildman–Crippen MR) is 95.8 cm³/mol. The maximum atomic E-state index is 13.0. The van der Waals surface area contributed by atoms with Crippen molar-refractivity contribution in [2.75, 3.05) is 33.2 Å². The molecule has 0 unspecified atom stereocenters. The number of rotatable bonds is 5. The fourth-order valence-electron chi connectivity index (χ4n) is 2.69. The molecule has 2 aromatic rings. The summed E-state index contributed by atoms with van der Waals surface area (Å²) in [5, 5.41) is 11.4. The molecule has 0 radical (unpaired) electrons. The normalized spacial score (nSPS) is 16.2. The average molecular weight is 395 g/mol. The van der Waals surface area contributed by atoms with E-state index in [0.717, 1.165) is 18.2 Å². The van der Waals surface area contributed by atoms with E-state index < -0.39 is 26.5 Å². The minimum Gasteiger partial charge on any atom is -0.450 e.